The Kier molecular flexibility index (Phi) is 3.20. The van der Waals surface area contributed by atoms with E-state index in [1.807, 2.05) is 6.07 Å². The van der Waals surface area contributed by atoms with Gasteiger partial charge in [0, 0.05) is 6.54 Å². The second-order valence-corrected chi connectivity index (χ2v) is 6.20. The maximum Gasteiger partial charge on any atom is 0.408 e. The number of likely N-dealkylation sites (tertiary alicyclic amines) is 1. The van der Waals surface area contributed by atoms with E-state index in [2.05, 4.69) is 20.8 Å². The van der Waals surface area contributed by atoms with E-state index in [1.54, 1.807) is 18.2 Å². The second-order valence-electron chi connectivity index (χ2n) is 6.20. The lowest BCUT2D eigenvalue weighted by Gasteiger charge is -2.47. The van der Waals surface area contributed by atoms with Crippen LogP contribution in [0.4, 0.5) is 4.79 Å². The quantitative estimate of drug-likeness (QED) is 0.816. The fourth-order valence-electron chi connectivity index (χ4n) is 3.35. The Morgan fingerprint density at radius 3 is 2.58 bits per heavy atom. The van der Waals surface area contributed by atoms with Gasteiger partial charge >= 0.3 is 6.09 Å². The van der Waals surface area contributed by atoms with Crippen LogP contribution in [0.3, 0.4) is 0 Å². The van der Waals surface area contributed by atoms with Gasteiger partial charge in [-0.3, -0.25) is 4.90 Å². The van der Waals surface area contributed by atoms with Gasteiger partial charge in [0.15, 0.2) is 0 Å². The summed E-state index contributed by atoms with van der Waals surface area (Å²) in [6, 6.07) is 6.98. The van der Waals surface area contributed by atoms with E-state index in [-0.39, 0.29) is 11.2 Å². The van der Waals surface area contributed by atoms with Gasteiger partial charge in [0.2, 0.25) is 0 Å². The van der Waals surface area contributed by atoms with Gasteiger partial charge in [-0.2, -0.15) is 0 Å². The van der Waals surface area contributed by atoms with E-state index in [9.17, 15) is 15.0 Å². The fraction of sp³-hybridized carbons (Fsp3) is 0.533. The van der Waals surface area contributed by atoms with Crippen LogP contribution < -0.4 is 0 Å². The van der Waals surface area contributed by atoms with E-state index >= 15 is 0 Å². The van der Waals surface area contributed by atoms with Crippen molar-refractivity contribution in [3.05, 3.63) is 29.8 Å². The summed E-state index contributed by atoms with van der Waals surface area (Å²) in [4.78, 5) is 13.1. The molecule has 2 rings (SSSR count). The molecule has 4 heteroatoms. The van der Waals surface area contributed by atoms with Gasteiger partial charge in [-0.15, -0.1) is 0 Å². The van der Waals surface area contributed by atoms with Crippen molar-refractivity contribution in [3.63, 3.8) is 0 Å². The molecule has 0 radical (unpaired) electrons. The van der Waals surface area contributed by atoms with Gasteiger partial charge in [-0.1, -0.05) is 32.9 Å². The average molecular weight is 263 g/mol. The standard InChI is InChI=1S/C15H21NO3/c1-14(2,3)15(8-5-9-16(15)13(18)19)11-6-4-7-12(17)10-11/h4,6-7,10,17H,5,8-9H2,1-3H3,(H,18,19). The Balaban J connectivity index is 2.62. The Morgan fingerprint density at radius 2 is 2.05 bits per heavy atom. The minimum absolute atomic E-state index is 0.179. The van der Waals surface area contributed by atoms with Crippen molar-refractivity contribution in [3.8, 4) is 5.75 Å². The number of hydrogen-bond acceptors (Lipinski definition) is 2. The summed E-state index contributed by atoms with van der Waals surface area (Å²) in [5, 5.41) is 19.2. The van der Waals surface area contributed by atoms with Gasteiger partial charge < -0.3 is 10.2 Å². The maximum atomic E-state index is 11.6. The largest absolute Gasteiger partial charge is 0.508 e. The summed E-state index contributed by atoms with van der Waals surface area (Å²) in [5.74, 6) is 0.179. The molecule has 1 unspecified atom stereocenters. The Bertz CT molecular complexity index is 492. The van der Waals surface area contributed by atoms with Gasteiger partial charge in [-0.25, -0.2) is 4.79 Å². The molecule has 1 amide bonds. The molecular formula is C15H21NO3. The van der Waals surface area contributed by atoms with E-state index in [1.165, 1.54) is 4.90 Å². The molecule has 19 heavy (non-hydrogen) atoms. The van der Waals surface area contributed by atoms with Gasteiger partial charge in [0.1, 0.15) is 5.75 Å². The molecule has 0 aliphatic carbocycles. The third-order valence-corrected chi connectivity index (χ3v) is 4.18. The van der Waals surface area contributed by atoms with Crippen LogP contribution in [0.5, 0.6) is 5.75 Å². The summed E-state index contributed by atoms with van der Waals surface area (Å²) in [5.41, 5.74) is 0.0627. The first kappa shape index (κ1) is 13.7. The molecular weight excluding hydrogens is 242 g/mol. The summed E-state index contributed by atoms with van der Waals surface area (Å²) >= 11 is 0. The van der Waals surface area contributed by atoms with Crippen molar-refractivity contribution in [2.24, 2.45) is 5.41 Å². The zero-order chi connectivity index (χ0) is 14.3. The molecule has 1 aliphatic heterocycles. The number of rotatable bonds is 1. The van der Waals surface area contributed by atoms with Crippen LogP contribution in [0.2, 0.25) is 0 Å². The minimum atomic E-state index is -0.893. The van der Waals surface area contributed by atoms with Gasteiger partial charge in [0.25, 0.3) is 0 Å². The fourth-order valence-corrected chi connectivity index (χ4v) is 3.35. The Labute approximate surface area is 113 Å². The summed E-state index contributed by atoms with van der Waals surface area (Å²) in [6.45, 7) is 6.71. The summed E-state index contributed by atoms with van der Waals surface area (Å²) in [6.07, 6.45) is 0.738. The van der Waals surface area contributed by atoms with Crippen LogP contribution in [0.25, 0.3) is 0 Å². The third kappa shape index (κ3) is 2.05. The lowest BCUT2D eigenvalue weighted by atomic mass is 9.67. The van der Waals surface area contributed by atoms with Crippen molar-refractivity contribution in [2.75, 3.05) is 6.54 Å². The molecule has 4 nitrogen and oxygen atoms in total. The van der Waals surface area contributed by atoms with Crippen LogP contribution in [0, 0.1) is 5.41 Å². The highest BCUT2D eigenvalue weighted by Gasteiger charge is 2.52. The molecule has 1 fully saturated rings. The molecule has 104 valence electrons. The topological polar surface area (TPSA) is 60.8 Å². The lowest BCUT2D eigenvalue weighted by molar-refractivity contribution is 0.0275. The Hall–Kier alpha value is -1.71. The van der Waals surface area contributed by atoms with E-state index in [4.69, 9.17) is 0 Å². The van der Waals surface area contributed by atoms with Crippen molar-refractivity contribution in [1.29, 1.82) is 0 Å². The molecule has 1 aromatic rings. The molecule has 0 spiro atoms. The number of carbonyl (C=O) groups is 1. The summed E-state index contributed by atoms with van der Waals surface area (Å²) in [7, 11) is 0. The van der Waals surface area contributed by atoms with E-state index in [0.717, 1.165) is 18.4 Å². The average Bonchev–Trinajstić information content (AvgIpc) is 2.73. The van der Waals surface area contributed by atoms with Gasteiger partial charge in [0.05, 0.1) is 5.54 Å². The number of hydrogen-bond donors (Lipinski definition) is 2. The van der Waals surface area contributed by atoms with Crippen LogP contribution in [0.1, 0.15) is 39.2 Å². The highest BCUT2D eigenvalue weighted by molar-refractivity contribution is 5.67. The number of amides is 1. The third-order valence-electron chi connectivity index (χ3n) is 4.18. The molecule has 2 N–H and O–H groups in total. The number of phenolic OH excluding ortho intramolecular Hbond substituents is 1. The second kappa shape index (κ2) is 4.44. The van der Waals surface area contributed by atoms with Crippen LogP contribution in [-0.4, -0.2) is 27.8 Å². The van der Waals surface area contributed by atoms with Crippen molar-refractivity contribution in [2.45, 2.75) is 39.2 Å². The molecule has 1 aromatic carbocycles. The van der Waals surface area contributed by atoms with E-state index in [0.29, 0.717) is 6.54 Å². The minimum Gasteiger partial charge on any atom is -0.508 e. The molecule has 1 heterocycles. The molecule has 1 atom stereocenters. The summed E-state index contributed by atoms with van der Waals surface area (Å²) < 4.78 is 0. The monoisotopic (exact) mass is 263 g/mol. The van der Waals surface area contributed by atoms with Crippen molar-refractivity contribution < 1.29 is 15.0 Å². The smallest absolute Gasteiger partial charge is 0.408 e. The number of nitrogens with zero attached hydrogens (tertiary/aromatic N) is 1. The number of aromatic hydroxyl groups is 1. The maximum absolute atomic E-state index is 11.6. The lowest BCUT2D eigenvalue weighted by Crippen LogP contribution is -2.52. The SMILES string of the molecule is CC(C)(C)C1(c2cccc(O)c2)CCCN1C(=O)O. The van der Waals surface area contributed by atoms with Crippen molar-refractivity contribution >= 4 is 6.09 Å². The zero-order valence-electron chi connectivity index (χ0n) is 11.7. The zero-order valence-corrected chi connectivity index (χ0v) is 11.7. The number of benzene rings is 1. The first-order valence-corrected chi connectivity index (χ1v) is 6.59. The number of phenols is 1. The predicted octanol–water partition coefficient (Wildman–Crippen LogP) is 3.41. The van der Waals surface area contributed by atoms with E-state index < -0.39 is 11.6 Å². The molecule has 1 aliphatic rings. The molecule has 0 bridgehead atoms. The van der Waals surface area contributed by atoms with Crippen molar-refractivity contribution in [1.82, 2.24) is 4.90 Å². The molecule has 0 saturated carbocycles. The molecule has 1 saturated heterocycles. The normalized spacial score (nSPS) is 23.6. The predicted molar refractivity (Wildman–Crippen MR) is 73.2 cm³/mol. The van der Waals surface area contributed by atoms with Crippen LogP contribution >= 0.6 is 0 Å². The highest BCUT2D eigenvalue weighted by atomic mass is 16.4. The first-order valence-electron chi connectivity index (χ1n) is 6.59. The Morgan fingerprint density at radius 1 is 1.37 bits per heavy atom. The highest BCUT2D eigenvalue weighted by Crippen LogP contribution is 2.51. The van der Waals surface area contributed by atoms with Gasteiger partial charge in [-0.05, 0) is 36.0 Å². The number of carboxylic acid groups (broad SMARTS) is 1. The first-order chi connectivity index (χ1) is 8.79. The van der Waals surface area contributed by atoms with Crippen LogP contribution in [-0.2, 0) is 5.54 Å². The molecule has 0 aromatic heterocycles. The van der Waals surface area contributed by atoms with Crippen LogP contribution in [0.15, 0.2) is 24.3 Å².